The van der Waals surface area contributed by atoms with Gasteiger partial charge in [0.15, 0.2) is 5.13 Å². The highest BCUT2D eigenvalue weighted by molar-refractivity contribution is 7.17. The van der Waals surface area contributed by atoms with Crippen molar-refractivity contribution in [3.63, 3.8) is 0 Å². The Morgan fingerprint density at radius 1 is 1.04 bits per heavy atom. The minimum absolute atomic E-state index is 0.0388. The number of hydrogen-bond donors (Lipinski definition) is 1. The van der Waals surface area contributed by atoms with Crippen LogP contribution in [0, 0.1) is 6.92 Å². The van der Waals surface area contributed by atoms with Crippen LogP contribution in [-0.4, -0.2) is 24.0 Å². The van der Waals surface area contributed by atoms with E-state index in [1.165, 1.54) is 52.1 Å². The van der Waals surface area contributed by atoms with Crippen LogP contribution in [0.2, 0.25) is 0 Å². The molecule has 5 nitrogen and oxygen atoms in total. The number of ether oxygens (including phenoxy) is 1. The molecule has 0 spiro atoms. The van der Waals surface area contributed by atoms with Gasteiger partial charge in [-0.05, 0) is 13.3 Å². The summed E-state index contributed by atoms with van der Waals surface area (Å²) in [6, 6.07) is 0. The van der Waals surface area contributed by atoms with Gasteiger partial charge in [0.05, 0.1) is 12.8 Å². The third-order valence-corrected chi connectivity index (χ3v) is 4.97. The lowest BCUT2D eigenvalue weighted by atomic mass is 10.1. The van der Waals surface area contributed by atoms with Crippen LogP contribution in [0.1, 0.15) is 86.5 Å². The lowest BCUT2D eigenvalue weighted by Gasteiger charge is -2.03. The number of aromatic nitrogens is 1. The maximum atomic E-state index is 11.9. The monoisotopic (exact) mass is 354 g/mol. The van der Waals surface area contributed by atoms with Crippen LogP contribution in [-0.2, 0) is 9.53 Å². The van der Waals surface area contributed by atoms with Crippen molar-refractivity contribution < 1.29 is 14.3 Å². The van der Waals surface area contributed by atoms with E-state index in [2.05, 4.69) is 22.0 Å². The summed E-state index contributed by atoms with van der Waals surface area (Å²) < 4.78 is 4.69. The van der Waals surface area contributed by atoms with Crippen molar-refractivity contribution in [2.75, 3.05) is 12.4 Å². The molecule has 6 heteroatoms. The molecule has 0 saturated heterocycles. The molecule has 1 heterocycles. The van der Waals surface area contributed by atoms with Gasteiger partial charge in [0.25, 0.3) is 0 Å². The Balaban J connectivity index is 2.15. The van der Waals surface area contributed by atoms with Crippen LogP contribution in [0.4, 0.5) is 5.13 Å². The van der Waals surface area contributed by atoms with E-state index < -0.39 is 5.97 Å². The summed E-state index contributed by atoms with van der Waals surface area (Å²) in [4.78, 5) is 28.1. The second-order valence-electron chi connectivity index (χ2n) is 6.05. The molecule has 0 saturated carbocycles. The van der Waals surface area contributed by atoms with E-state index in [4.69, 9.17) is 0 Å². The predicted octanol–water partition coefficient (Wildman–Crippen LogP) is 5.10. The van der Waals surface area contributed by atoms with E-state index in [0.717, 1.165) is 24.2 Å². The number of unbranched alkanes of at least 4 members (excludes halogenated alkanes) is 8. The van der Waals surface area contributed by atoms with Gasteiger partial charge >= 0.3 is 5.97 Å². The largest absolute Gasteiger partial charge is 0.465 e. The van der Waals surface area contributed by atoms with E-state index in [9.17, 15) is 9.59 Å². The van der Waals surface area contributed by atoms with Gasteiger partial charge < -0.3 is 10.1 Å². The summed E-state index contributed by atoms with van der Waals surface area (Å²) in [5.41, 5.74) is 0.588. The van der Waals surface area contributed by atoms with E-state index in [-0.39, 0.29) is 5.91 Å². The molecule has 0 aliphatic carbocycles. The minimum atomic E-state index is -0.413. The summed E-state index contributed by atoms with van der Waals surface area (Å²) >= 11 is 1.16. The van der Waals surface area contributed by atoms with Gasteiger partial charge in [-0.2, -0.15) is 0 Å². The molecule has 0 aliphatic rings. The Morgan fingerprint density at radius 3 is 2.21 bits per heavy atom. The maximum Gasteiger partial charge on any atom is 0.350 e. The highest BCUT2D eigenvalue weighted by Crippen LogP contribution is 2.23. The molecule has 0 unspecified atom stereocenters. The van der Waals surface area contributed by atoms with Crippen molar-refractivity contribution in [3.05, 3.63) is 10.6 Å². The van der Waals surface area contributed by atoms with Crippen LogP contribution < -0.4 is 5.32 Å². The first-order valence-corrected chi connectivity index (χ1v) is 9.75. The van der Waals surface area contributed by atoms with Crippen molar-refractivity contribution >= 4 is 28.3 Å². The first-order chi connectivity index (χ1) is 11.6. The van der Waals surface area contributed by atoms with Gasteiger partial charge in [-0.1, -0.05) is 69.6 Å². The number of nitrogens with zero attached hydrogens (tertiary/aromatic N) is 1. The third-order valence-electron chi connectivity index (χ3n) is 3.92. The fourth-order valence-corrected chi connectivity index (χ4v) is 3.41. The van der Waals surface area contributed by atoms with Crippen LogP contribution >= 0.6 is 11.3 Å². The quantitative estimate of drug-likeness (QED) is 0.419. The topological polar surface area (TPSA) is 68.3 Å². The number of carbonyl (C=O) groups is 2. The van der Waals surface area contributed by atoms with Crippen molar-refractivity contribution in [2.45, 2.75) is 78.1 Å². The lowest BCUT2D eigenvalue weighted by Crippen LogP contribution is -2.10. The van der Waals surface area contributed by atoms with E-state index in [0.29, 0.717) is 22.1 Å². The molecule has 24 heavy (non-hydrogen) atoms. The number of aryl methyl sites for hydroxylation is 1. The number of methoxy groups -OCH3 is 1. The SMILES string of the molecule is CCCCCCCCCCCC(=O)Nc1nc(C)c(C(=O)OC)s1. The Labute approximate surface area is 149 Å². The number of esters is 1. The Hall–Kier alpha value is -1.43. The van der Waals surface area contributed by atoms with E-state index in [1.807, 2.05) is 0 Å². The summed E-state index contributed by atoms with van der Waals surface area (Å²) in [6.45, 7) is 3.97. The molecule has 0 bridgehead atoms. The molecular weight excluding hydrogens is 324 g/mol. The first-order valence-electron chi connectivity index (χ1n) is 8.94. The molecule has 1 N–H and O–H groups in total. The number of nitrogens with one attached hydrogen (secondary N) is 1. The smallest absolute Gasteiger partial charge is 0.350 e. The second-order valence-corrected chi connectivity index (χ2v) is 7.05. The molecule has 136 valence electrons. The molecule has 1 rings (SSSR count). The number of amides is 1. The van der Waals surface area contributed by atoms with Crippen LogP contribution in [0.3, 0.4) is 0 Å². The average Bonchev–Trinajstić information content (AvgIpc) is 2.92. The molecule has 0 aliphatic heterocycles. The summed E-state index contributed by atoms with van der Waals surface area (Å²) in [7, 11) is 1.34. The lowest BCUT2D eigenvalue weighted by molar-refractivity contribution is -0.116. The van der Waals surface area contributed by atoms with Gasteiger partial charge in [-0.15, -0.1) is 0 Å². The molecule has 0 atom stereocenters. The number of rotatable bonds is 12. The minimum Gasteiger partial charge on any atom is -0.465 e. The molecule has 1 amide bonds. The number of anilines is 1. The van der Waals surface area contributed by atoms with E-state index >= 15 is 0 Å². The molecular formula is C18H30N2O3S. The van der Waals surface area contributed by atoms with Crippen molar-refractivity contribution in [3.8, 4) is 0 Å². The highest BCUT2D eigenvalue weighted by atomic mass is 32.1. The molecule has 1 aromatic heterocycles. The van der Waals surface area contributed by atoms with Crippen molar-refractivity contribution in [2.24, 2.45) is 0 Å². The molecule has 0 fully saturated rings. The average molecular weight is 355 g/mol. The zero-order chi connectivity index (χ0) is 17.8. The third kappa shape index (κ3) is 7.90. The number of thiazole rings is 1. The Bertz CT molecular complexity index is 514. The highest BCUT2D eigenvalue weighted by Gasteiger charge is 2.16. The first kappa shape index (κ1) is 20.6. The van der Waals surface area contributed by atoms with Gasteiger partial charge in [0.1, 0.15) is 4.88 Å². The van der Waals surface area contributed by atoms with Gasteiger partial charge in [0.2, 0.25) is 5.91 Å². The van der Waals surface area contributed by atoms with Gasteiger partial charge in [0, 0.05) is 6.42 Å². The summed E-state index contributed by atoms with van der Waals surface area (Å²) in [6.07, 6.45) is 11.6. The zero-order valence-electron chi connectivity index (χ0n) is 15.2. The fraction of sp³-hybridized carbons (Fsp3) is 0.722. The fourth-order valence-electron chi connectivity index (χ4n) is 2.51. The molecule has 0 aromatic carbocycles. The van der Waals surface area contributed by atoms with Gasteiger partial charge in [-0.25, -0.2) is 9.78 Å². The Kier molecular flexibility index (Phi) is 10.3. The predicted molar refractivity (Wildman–Crippen MR) is 98.7 cm³/mol. The molecule has 1 aromatic rings. The van der Waals surface area contributed by atoms with E-state index in [1.54, 1.807) is 6.92 Å². The number of carbonyl (C=O) groups excluding carboxylic acids is 2. The van der Waals surface area contributed by atoms with Crippen LogP contribution in [0.5, 0.6) is 0 Å². The zero-order valence-corrected chi connectivity index (χ0v) is 16.0. The van der Waals surface area contributed by atoms with Crippen molar-refractivity contribution in [1.29, 1.82) is 0 Å². The Morgan fingerprint density at radius 2 is 1.62 bits per heavy atom. The summed E-state index contributed by atoms with van der Waals surface area (Å²) in [5.74, 6) is -0.451. The van der Waals surface area contributed by atoms with Crippen LogP contribution in [0.25, 0.3) is 0 Å². The van der Waals surface area contributed by atoms with Crippen molar-refractivity contribution in [1.82, 2.24) is 4.98 Å². The second kappa shape index (κ2) is 12.0. The van der Waals surface area contributed by atoms with Crippen LogP contribution in [0.15, 0.2) is 0 Å². The van der Waals surface area contributed by atoms with Gasteiger partial charge in [-0.3, -0.25) is 4.79 Å². The normalized spacial score (nSPS) is 10.6. The standard InChI is InChI=1S/C18H30N2O3S/c1-4-5-6-7-8-9-10-11-12-13-15(21)20-18-19-14(2)16(24-18)17(22)23-3/h4-13H2,1-3H3,(H,19,20,21). The molecule has 0 radical (unpaired) electrons. The maximum absolute atomic E-state index is 11.9. The summed E-state index contributed by atoms with van der Waals surface area (Å²) in [5, 5.41) is 3.23. The number of hydrogen-bond acceptors (Lipinski definition) is 5.